The van der Waals surface area contributed by atoms with E-state index in [1.54, 1.807) is 0 Å². The molecule has 0 saturated carbocycles. The number of pyridine rings is 1. The Labute approximate surface area is 121 Å². The number of nitrogens with zero attached hydrogens (tertiary/aromatic N) is 1. The van der Waals surface area contributed by atoms with E-state index in [2.05, 4.69) is 26.2 Å². The number of carboxylic acids is 1. The minimum Gasteiger partial charge on any atom is -0.478 e. The molecule has 0 aliphatic carbocycles. The van der Waals surface area contributed by atoms with Gasteiger partial charge in [-0.1, -0.05) is 11.6 Å². The molecule has 0 unspecified atom stereocenters. The highest BCUT2D eigenvalue weighted by Gasteiger charge is 2.10. The summed E-state index contributed by atoms with van der Waals surface area (Å²) in [4.78, 5) is 14.9. The van der Waals surface area contributed by atoms with Gasteiger partial charge in [0.05, 0.1) is 15.1 Å². The molecular weight excluding hydrogens is 338 g/mol. The van der Waals surface area contributed by atoms with Crippen LogP contribution < -0.4 is 5.32 Å². The van der Waals surface area contributed by atoms with Gasteiger partial charge < -0.3 is 10.4 Å². The van der Waals surface area contributed by atoms with Crippen LogP contribution in [0.4, 0.5) is 15.9 Å². The Morgan fingerprint density at radius 1 is 1.42 bits per heavy atom. The summed E-state index contributed by atoms with van der Waals surface area (Å²) in [6, 6.07) is 5.62. The van der Waals surface area contributed by atoms with Gasteiger partial charge in [0.1, 0.15) is 11.6 Å². The van der Waals surface area contributed by atoms with Crippen LogP contribution >= 0.6 is 27.5 Å². The smallest absolute Gasteiger partial charge is 0.337 e. The van der Waals surface area contributed by atoms with Crippen molar-refractivity contribution in [3.63, 3.8) is 0 Å². The maximum Gasteiger partial charge on any atom is 0.337 e. The molecule has 0 aliphatic rings. The average molecular weight is 346 g/mol. The van der Waals surface area contributed by atoms with Gasteiger partial charge in [-0.25, -0.2) is 14.2 Å². The molecule has 98 valence electrons. The molecule has 2 rings (SSSR count). The second-order valence-electron chi connectivity index (χ2n) is 3.61. The molecule has 0 bridgehead atoms. The zero-order chi connectivity index (χ0) is 14.0. The van der Waals surface area contributed by atoms with Gasteiger partial charge in [-0.05, 0) is 40.2 Å². The summed E-state index contributed by atoms with van der Waals surface area (Å²) in [5.41, 5.74) is 0.514. The molecule has 7 heteroatoms. The molecule has 0 spiro atoms. The highest BCUT2D eigenvalue weighted by atomic mass is 79.9. The first-order valence-electron chi connectivity index (χ1n) is 5.08. The van der Waals surface area contributed by atoms with Crippen molar-refractivity contribution in [1.82, 2.24) is 4.98 Å². The van der Waals surface area contributed by atoms with Gasteiger partial charge in [0.25, 0.3) is 0 Å². The molecule has 2 aromatic rings. The lowest BCUT2D eigenvalue weighted by Gasteiger charge is -2.07. The van der Waals surface area contributed by atoms with E-state index < -0.39 is 5.97 Å². The van der Waals surface area contributed by atoms with Crippen LogP contribution in [-0.4, -0.2) is 16.1 Å². The fraction of sp³-hybridized carbons (Fsp3) is 0. The maximum absolute atomic E-state index is 13.1. The van der Waals surface area contributed by atoms with Crippen molar-refractivity contribution in [1.29, 1.82) is 0 Å². The van der Waals surface area contributed by atoms with Crippen LogP contribution in [0.25, 0.3) is 0 Å². The summed E-state index contributed by atoms with van der Waals surface area (Å²) in [5, 5.41) is 11.9. The van der Waals surface area contributed by atoms with E-state index in [0.29, 0.717) is 16.0 Å². The Kier molecular flexibility index (Phi) is 4.01. The average Bonchev–Trinajstić information content (AvgIpc) is 2.36. The van der Waals surface area contributed by atoms with Crippen LogP contribution in [0.1, 0.15) is 10.4 Å². The van der Waals surface area contributed by atoms with Gasteiger partial charge in [0.2, 0.25) is 0 Å². The molecular formula is C12H7BrClFN2O2. The predicted molar refractivity (Wildman–Crippen MR) is 73.6 cm³/mol. The molecule has 0 aliphatic heterocycles. The number of carboxylic acid groups (broad SMARTS) is 1. The highest BCUT2D eigenvalue weighted by molar-refractivity contribution is 9.10. The summed E-state index contributed by atoms with van der Waals surface area (Å²) in [5.74, 6) is -1.23. The van der Waals surface area contributed by atoms with E-state index >= 15 is 0 Å². The number of benzene rings is 1. The molecule has 0 saturated heterocycles. The van der Waals surface area contributed by atoms with Gasteiger partial charge in [-0.15, -0.1) is 0 Å². The number of hydrogen-bond donors (Lipinski definition) is 2. The zero-order valence-electron chi connectivity index (χ0n) is 9.32. The minimum atomic E-state index is -1.14. The first-order valence-corrected chi connectivity index (χ1v) is 6.25. The predicted octanol–water partition coefficient (Wildman–Crippen LogP) is 4.08. The number of aromatic nitrogens is 1. The van der Waals surface area contributed by atoms with Crippen molar-refractivity contribution in [2.24, 2.45) is 0 Å². The number of hydrogen-bond acceptors (Lipinski definition) is 3. The standard InChI is InChI=1S/C12H7BrClFN2O2/c13-8-3-6(1-2-10(8)15)17-11-4-7(12(18)19)9(14)5-16-11/h1-5H,(H,16,17)(H,18,19). The fourth-order valence-electron chi connectivity index (χ4n) is 1.39. The van der Waals surface area contributed by atoms with Crippen LogP contribution in [0, 0.1) is 5.82 Å². The van der Waals surface area contributed by atoms with E-state index in [9.17, 15) is 9.18 Å². The van der Waals surface area contributed by atoms with Crippen molar-refractivity contribution in [3.8, 4) is 0 Å². The third-order valence-electron chi connectivity index (χ3n) is 2.28. The quantitative estimate of drug-likeness (QED) is 0.880. The largest absolute Gasteiger partial charge is 0.478 e. The van der Waals surface area contributed by atoms with Crippen LogP contribution in [-0.2, 0) is 0 Å². The molecule has 19 heavy (non-hydrogen) atoms. The molecule has 0 atom stereocenters. The first kappa shape index (κ1) is 13.8. The molecule has 1 aromatic heterocycles. The lowest BCUT2D eigenvalue weighted by atomic mass is 10.2. The number of halogens is 3. The molecule has 1 aromatic carbocycles. The van der Waals surface area contributed by atoms with Crippen molar-refractivity contribution >= 4 is 45.0 Å². The van der Waals surface area contributed by atoms with Gasteiger partial charge >= 0.3 is 5.97 Å². The van der Waals surface area contributed by atoms with Gasteiger partial charge in [-0.2, -0.15) is 0 Å². The van der Waals surface area contributed by atoms with Crippen LogP contribution in [0.5, 0.6) is 0 Å². The number of rotatable bonds is 3. The maximum atomic E-state index is 13.1. The van der Waals surface area contributed by atoms with E-state index in [1.165, 1.54) is 30.5 Å². The molecule has 0 amide bonds. The SMILES string of the molecule is O=C(O)c1cc(Nc2ccc(F)c(Br)c2)ncc1Cl. The summed E-state index contributed by atoms with van der Waals surface area (Å²) in [6.07, 6.45) is 1.24. The normalized spacial score (nSPS) is 10.3. The highest BCUT2D eigenvalue weighted by Crippen LogP contribution is 2.24. The van der Waals surface area contributed by atoms with Gasteiger partial charge in [-0.3, -0.25) is 0 Å². The minimum absolute atomic E-state index is 0.0540. The Hall–Kier alpha value is -1.66. The van der Waals surface area contributed by atoms with Crippen LogP contribution in [0.3, 0.4) is 0 Å². The van der Waals surface area contributed by atoms with Crippen molar-refractivity contribution in [3.05, 3.63) is 51.3 Å². The Bertz CT molecular complexity index is 652. The third kappa shape index (κ3) is 3.21. The zero-order valence-corrected chi connectivity index (χ0v) is 11.7. The first-order chi connectivity index (χ1) is 8.97. The number of anilines is 2. The summed E-state index contributed by atoms with van der Waals surface area (Å²) >= 11 is 8.77. The van der Waals surface area contributed by atoms with Crippen molar-refractivity contribution in [2.45, 2.75) is 0 Å². The van der Waals surface area contributed by atoms with Crippen LogP contribution in [0.15, 0.2) is 34.9 Å². The Morgan fingerprint density at radius 2 is 2.16 bits per heavy atom. The molecule has 0 fully saturated rings. The van der Waals surface area contributed by atoms with E-state index in [0.717, 1.165) is 0 Å². The van der Waals surface area contributed by atoms with Crippen molar-refractivity contribution in [2.75, 3.05) is 5.32 Å². The number of nitrogens with one attached hydrogen (secondary N) is 1. The summed E-state index contributed by atoms with van der Waals surface area (Å²) < 4.78 is 13.4. The second-order valence-corrected chi connectivity index (χ2v) is 4.87. The number of carbonyl (C=O) groups is 1. The summed E-state index contributed by atoms with van der Waals surface area (Å²) in [7, 11) is 0. The van der Waals surface area contributed by atoms with E-state index in [-0.39, 0.29) is 16.4 Å². The molecule has 1 heterocycles. The van der Waals surface area contributed by atoms with Gasteiger partial charge in [0, 0.05) is 11.9 Å². The monoisotopic (exact) mass is 344 g/mol. The topological polar surface area (TPSA) is 62.2 Å². The third-order valence-corrected chi connectivity index (χ3v) is 3.19. The molecule has 4 nitrogen and oxygen atoms in total. The molecule has 0 radical (unpaired) electrons. The lowest BCUT2D eigenvalue weighted by Crippen LogP contribution is -2.01. The van der Waals surface area contributed by atoms with E-state index in [1.807, 2.05) is 0 Å². The summed E-state index contributed by atoms with van der Waals surface area (Å²) in [6.45, 7) is 0. The van der Waals surface area contributed by atoms with Crippen molar-refractivity contribution < 1.29 is 14.3 Å². The van der Waals surface area contributed by atoms with E-state index in [4.69, 9.17) is 16.7 Å². The fourth-order valence-corrected chi connectivity index (χ4v) is 1.96. The Morgan fingerprint density at radius 3 is 2.79 bits per heavy atom. The molecule has 2 N–H and O–H groups in total. The Balaban J connectivity index is 2.30. The van der Waals surface area contributed by atoms with Gasteiger partial charge in [0.15, 0.2) is 0 Å². The number of aromatic carboxylic acids is 1. The lowest BCUT2D eigenvalue weighted by molar-refractivity contribution is 0.0697. The van der Waals surface area contributed by atoms with Crippen LogP contribution in [0.2, 0.25) is 5.02 Å². The second kappa shape index (κ2) is 5.54.